The quantitative estimate of drug-likeness (QED) is 0.761. The predicted molar refractivity (Wildman–Crippen MR) is 67.5 cm³/mol. The van der Waals surface area contributed by atoms with E-state index in [1.165, 1.54) is 0 Å². The van der Waals surface area contributed by atoms with Gasteiger partial charge in [-0.3, -0.25) is 4.79 Å². The molecule has 0 saturated heterocycles. The maximum Gasteiger partial charge on any atom is 0.255 e. The topological polar surface area (TPSA) is 78.0 Å². The Hall–Kier alpha value is -2.30. The molecule has 0 fully saturated rings. The van der Waals surface area contributed by atoms with Crippen molar-refractivity contribution in [3.05, 3.63) is 47.5 Å². The number of para-hydroxylation sites is 1. The van der Waals surface area contributed by atoms with Gasteiger partial charge in [0.2, 0.25) is 0 Å². The van der Waals surface area contributed by atoms with Gasteiger partial charge in [-0.05, 0) is 18.6 Å². The summed E-state index contributed by atoms with van der Waals surface area (Å²) in [7, 11) is 0. The number of H-pyrrole nitrogens is 1. The SMILES string of the molecule is Cc1cccc(C(=O)NCCc2ncc[nH]2)c1O. The van der Waals surface area contributed by atoms with Gasteiger partial charge in [0, 0.05) is 25.4 Å². The van der Waals surface area contributed by atoms with Crippen molar-refractivity contribution >= 4 is 5.91 Å². The number of amides is 1. The highest BCUT2D eigenvalue weighted by molar-refractivity contribution is 5.97. The van der Waals surface area contributed by atoms with Crippen molar-refractivity contribution in [3.63, 3.8) is 0 Å². The molecule has 0 saturated carbocycles. The molecular weight excluding hydrogens is 230 g/mol. The van der Waals surface area contributed by atoms with E-state index in [2.05, 4.69) is 15.3 Å². The number of hydrogen-bond donors (Lipinski definition) is 3. The van der Waals surface area contributed by atoms with Gasteiger partial charge in [0.1, 0.15) is 11.6 Å². The number of benzene rings is 1. The second-order valence-corrected chi connectivity index (χ2v) is 4.01. The molecule has 0 spiro atoms. The van der Waals surface area contributed by atoms with E-state index in [0.29, 0.717) is 24.1 Å². The van der Waals surface area contributed by atoms with Crippen LogP contribution in [0.15, 0.2) is 30.6 Å². The van der Waals surface area contributed by atoms with Gasteiger partial charge >= 0.3 is 0 Å². The fraction of sp³-hybridized carbons (Fsp3) is 0.231. The minimum atomic E-state index is -0.275. The molecule has 2 rings (SSSR count). The van der Waals surface area contributed by atoms with Crippen molar-refractivity contribution in [1.29, 1.82) is 0 Å². The van der Waals surface area contributed by atoms with Crippen LogP contribution in [0.2, 0.25) is 0 Å². The molecule has 1 aromatic heterocycles. The molecule has 0 aliphatic heterocycles. The lowest BCUT2D eigenvalue weighted by molar-refractivity contribution is 0.0951. The summed E-state index contributed by atoms with van der Waals surface area (Å²) in [6, 6.07) is 5.11. The minimum absolute atomic E-state index is 0.0352. The van der Waals surface area contributed by atoms with E-state index in [0.717, 1.165) is 5.82 Å². The number of aromatic hydroxyl groups is 1. The second-order valence-electron chi connectivity index (χ2n) is 4.01. The average molecular weight is 245 g/mol. The molecule has 0 aliphatic rings. The monoisotopic (exact) mass is 245 g/mol. The van der Waals surface area contributed by atoms with Crippen LogP contribution >= 0.6 is 0 Å². The number of carbonyl (C=O) groups excluding carboxylic acids is 1. The lowest BCUT2D eigenvalue weighted by Gasteiger charge is -2.07. The molecule has 2 aromatic rings. The van der Waals surface area contributed by atoms with Crippen LogP contribution in [0.25, 0.3) is 0 Å². The molecule has 0 unspecified atom stereocenters. The van der Waals surface area contributed by atoms with Gasteiger partial charge in [0.25, 0.3) is 5.91 Å². The summed E-state index contributed by atoms with van der Waals surface area (Å²) in [6.07, 6.45) is 4.04. The zero-order valence-electron chi connectivity index (χ0n) is 10.1. The summed E-state index contributed by atoms with van der Waals surface area (Å²) in [5, 5.41) is 12.5. The Balaban J connectivity index is 1.93. The van der Waals surface area contributed by atoms with Crippen molar-refractivity contribution in [1.82, 2.24) is 15.3 Å². The number of aryl methyl sites for hydroxylation is 1. The molecule has 94 valence electrons. The molecule has 0 atom stereocenters. The molecule has 0 aliphatic carbocycles. The minimum Gasteiger partial charge on any atom is -0.507 e. The largest absolute Gasteiger partial charge is 0.507 e. The first-order valence-corrected chi connectivity index (χ1v) is 5.73. The Morgan fingerprint density at radius 1 is 1.50 bits per heavy atom. The number of nitrogens with zero attached hydrogens (tertiary/aromatic N) is 1. The highest BCUT2D eigenvalue weighted by atomic mass is 16.3. The van der Waals surface area contributed by atoms with E-state index in [1.807, 2.05) is 0 Å². The summed E-state index contributed by atoms with van der Waals surface area (Å²) in [6.45, 7) is 2.23. The Bertz CT molecular complexity index is 535. The molecule has 5 nitrogen and oxygen atoms in total. The first-order chi connectivity index (χ1) is 8.68. The van der Waals surface area contributed by atoms with Gasteiger partial charge in [-0.25, -0.2) is 4.98 Å². The molecule has 5 heteroatoms. The zero-order valence-corrected chi connectivity index (χ0v) is 10.1. The fourth-order valence-corrected chi connectivity index (χ4v) is 1.67. The highest BCUT2D eigenvalue weighted by Crippen LogP contribution is 2.20. The van der Waals surface area contributed by atoms with E-state index in [1.54, 1.807) is 37.5 Å². The van der Waals surface area contributed by atoms with Gasteiger partial charge < -0.3 is 15.4 Å². The highest BCUT2D eigenvalue weighted by Gasteiger charge is 2.11. The van der Waals surface area contributed by atoms with Crippen molar-refractivity contribution in [3.8, 4) is 5.75 Å². The van der Waals surface area contributed by atoms with Gasteiger partial charge in [-0.2, -0.15) is 0 Å². The number of phenols is 1. The molecule has 0 radical (unpaired) electrons. The maximum absolute atomic E-state index is 11.8. The van der Waals surface area contributed by atoms with Crippen LogP contribution in [-0.2, 0) is 6.42 Å². The van der Waals surface area contributed by atoms with E-state index in [9.17, 15) is 9.90 Å². The smallest absolute Gasteiger partial charge is 0.255 e. The number of nitrogens with one attached hydrogen (secondary N) is 2. The molecule has 18 heavy (non-hydrogen) atoms. The Labute approximate surface area is 105 Å². The summed E-state index contributed by atoms with van der Waals surface area (Å²) in [5.74, 6) is 0.583. The number of rotatable bonds is 4. The standard InChI is InChI=1S/C13H15N3O2/c1-9-3-2-4-10(12(9)17)13(18)16-6-5-11-14-7-8-15-11/h2-4,7-8,17H,5-6H2,1H3,(H,14,15)(H,16,18). The van der Waals surface area contributed by atoms with E-state index in [4.69, 9.17) is 0 Å². The second kappa shape index (κ2) is 5.35. The van der Waals surface area contributed by atoms with Crippen molar-refractivity contribution < 1.29 is 9.90 Å². The van der Waals surface area contributed by atoms with Crippen molar-refractivity contribution in [2.75, 3.05) is 6.54 Å². The molecular formula is C13H15N3O2. The maximum atomic E-state index is 11.8. The van der Waals surface area contributed by atoms with E-state index < -0.39 is 0 Å². The van der Waals surface area contributed by atoms with E-state index >= 15 is 0 Å². The molecule has 3 N–H and O–H groups in total. The van der Waals surface area contributed by atoms with Gasteiger partial charge in [0.15, 0.2) is 0 Å². The number of hydrogen-bond acceptors (Lipinski definition) is 3. The van der Waals surface area contributed by atoms with Crippen molar-refractivity contribution in [2.45, 2.75) is 13.3 Å². The van der Waals surface area contributed by atoms with Gasteiger partial charge in [-0.15, -0.1) is 0 Å². The van der Waals surface area contributed by atoms with Crippen LogP contribution in [0.3, 0.4) is 0 Å². The molecule has 0 bridgehead atoms. The molecule has 1 aromatic carbocycles. The third-order valence-corrected chi connectivity index (χ3v) is 2.68. The fourth-order valence-electron chi connectivity index (χ4n) is 1.67. The number of aromatic nitrogens is 2. The Kier molecular flexibility index (Phi) is 3.62. The summed E-state index contributed by atoms with van der Waals surface area (Å²) < 4.78 is 0. The normalized spacial score (nSPS) is 10.3. The summed E-state index contributed by atoms with van der Waals surface area (Å²) in [5.41, 5.74) is 0.989. The third kappa shape index (κ3) is 2.68. The lowest BCUT2D eigenvalue weighted by Crippen LogP contribution is -2.26. The van der Waals surface area contributed by atoms with Crippen LogP contribution in [0.1, 0.15) is 21.7 Å². The average Bonchev–Trinajstić information content (AvgIpc) is 2.85. The number of carbonyl (C=O) groups is 1. The number of aromatic amines is 1. The first-order valence-electron chi connectivity index (χ1n) is 5.73. The number of phenolic OH excluding ortho intramolecular Hbond substituents is 1. The predicted octanol–water partition coefficient (Wildman–Crippen LogP) is 1.40. The van der Waals surface area contributed by atoms with Crippen LogP contribution in [0.4, 0.5) is 0 Å². The third-order valence-electron chi connectivity index (χ3n) is 2.68. The van der Waals surface area contributed by atoms with Gasteiger partial charge in [0.05, 0.1) is 5.56 Å². The number of imidazole rings is 1. The Morgan fingerprint density at radius 3 is 3.06 bits per heavy atom. The zero-order chi connectivity index (χ0) is 13.0. The molecule has 1 amide bonds. The summed E-state index contributed by atoms with van der Waals surface area (Å²) in [4.78, 5) is 18.9. The van der Waals surface area contributed by atoms with Crippen molar-refractivity contribution in [2.24, 2.45) is 0 Å². The molecule has 1 heterocycles. The summed E-state index contributed by atoms with van der Waals surface area (Å²) >= 11 is 0. The van der Waals surface area contributed by atoms with Crippen LogP contribution < -0.4 is 5.32 Å². The van der Waals surface area contributed by atoms with Gasteiger partial charge in [-0.1, -0.05) is 12.1 Å². The van der Waals surface area contributed by atoms with Crippen LogP contribution in [0, 0.1) is 6.92 Å². The van der Waals surface area contributed by atoms with Crippen LogP contribution in [-0.4, -0.2) is 27.5 Å². The first kappa shape index (κ1) is 12.2. The lowest BCUT2D eigenvalue weighted by atomic mass is 10.1. The van der Waals surface area contributed by atoms with Crippen LogP contribution in [0.5, 0.6) is 5.75 Å². The van der Waals surface area contributed by atoms with E-state index in [-0.39, 0.29) is 11.7 Å². The Morgan fingerprint density at radius 2 is 2.33 bits per heavy atom.